The quantitative estimate of drug-likeness (QED) is 0.412. The molecule has 9 heteroatoms. The van der Waals surface area contributed by atoms with Crippen LogP contribution in [0.1, 0.15) is 6.42 Å². The Labute approximate surface area is 102 Å². The van der Waals surface area contributed by atoms with Crippen molar-refractivity contribution in [3.63, 3.8) is 0 Å². The molecule has 0 aromatic heterocycles. The summed E-state index contributed by atoms with van der Waals surface area (Å²) in [4.78, 5) is 44.8. The number of carboxylic acid groups (broad SMARTS) is 1. The highest BCUT2D eigenvalue weighted by Gasteiger charge is 2.26. The van der Waals surface area contributed by atoms with Crippen LogP contribution in [0.2, 0.25) is 0 Å². The van der Waals surface area contributed by atoms with Crippen molar-refractivity contribution >= 4 is 23.8 Å². The number of urea groups is 1. The minimum absolute atomic E-state index is 0.0708. The van der Waals surface area contributed by atoms with Crippen LogP contribution in [-0.2, 0) is 14.4 Å². The first-order chi connectivity index (χ1) is 8.40. The van der Waals surface area contributed by atoms with E-state index in [4.69, 9.17) is 10.2 Å². The minimum Gasteiger partial charge on any atom is -0.479 e. The predicted molar refractivity (Wildman–Crippen MR) is 56.4 cm³/mol. The van der Waals surface area contributed by atoms with Crippen molar-refractivity contribution in [3.05, 3.63) is 0 Å². The molecule has 1 saturated heterocycles. The monoisotopic (exact) mass is 259 g/mol. The van der Waals surface area contributed by atoms with Gasteiger partial charge in [-0.25, -0.2) is 9.59 Å². The van der Waals surface area contributed by atoms with Gasteiger partial charge in [-0.3, -0.25) is 14.9 Å². The third-order valence-electron chi connectivity index (χ3n) is 2.21. The molecule has 9 nitrogen and oxygen atoms in total. The van der Waals surface area contributed by atoms with E-state index >= 15 is 0 Å². The topological polar surface area (TPSA) is 136 Å². The van der Waals surface area contributed by atoms with Gasteiger partial charge in [0.1, 0.15) is 13.1 Å². The zero-order valence-corrected chi connectivity index (χ0v) is 9.38. The number of nitrogens with one attached hydrogen (secondary N) is 2. The summed E-state index contributed by atoms with van der Waals surface area (Å²) in [6, 6.07) is -0.657. The van der Waals surface area contributed by atoms with Crippen LogP contribution in [0.15, 0.2) is 0 Å². The number of rotatable bonds is 4. The molecule has 4 amide bonds. The largest absolute Gasteiger partial charge is 0.479 e. The molecular formula is C9H13N3O6. The highest BCUT2D eigenvalue weighted by molar-refractivity contribution is 6.02. The van der Waals surface area contributed by atoms with E-state index in [0.29, 0.717) is 0 Å². The maximum absolute atomic E-state index is 11.5. The Morgan fingerprint density at radius 1 is 1.33 bits per heavy atom. The molecule has 0 saturated carbocycles. The van der Waals surface area contributed by atoms with Crippen molar-refractivity contribution in [3.8, 4) is 0 Å². The Hall–Kier alpha value is -2.16. The number of hydrogen-bond acceptors (Lipinski definition) is 5. The van der Waals surface area contributed by atoms with Crippen molar-refractivity contribution in [2.75, 3.05) is 19.6 Å². The van der Waals surface area contributed by atoms with Crippen LogP contribution in [0.5, 0.6) is 0 Å². The van der Waals surface area contributed by atoms with E-state index in [-0.39, 0.29) is 26.1 Å². The second kappa shape index (κ2) is 5.96. The van der Waals surface area contributed by atoms with E-state index in [1.165, 1.54) is 0 Å². The van der Waals surface area contributed by atoms with Crippen molar-refractivity contribution < 1.29 is 29.4 Å². The number of piperazine rings is 1. The summed E-state index contributed by atoms with van der Waals surface area (Å²) in [5.74, 6) is -2.53. The van der Waals surface area contributed by atoms with Crippen LogP contribution < -0.4 is 10.6 Å². The molecule has 0 spiro atoms. The SMILES string of the molecule is O=C1CN(C(=O)NCC[C@H](O)C(=O)O)CC(=O)N1. The van der Waals surface area contributed by atoms with Gasteiger partial charge in [0.25, 0.3) is 0 Å². The minimum atomic E-state index is -1.56. The van der Waals surface area contributed by atoms with E-state index in [1.807, 2.05) is 5.32 Å². The fourth-order valence-electron chi connectivity index (χ4n) is 1.33. The maximum atomic E-state index is 11.5. The van der Waals surface area contributed by atoms with E-state index in [9.17, 15) is 19.2 Å². The third-order valence-corrected chi connectivity index (χ3v) is 2.21. The number of aliphatic hydroxyl groups is 1. The first-order valence-corrected chi connectivity index (χ1v) is 5.16. The van der Waals surface area contributed by atoms with Gasteiger partial charge in [-0.15, -0.1) is 0 Å². The summed E-state index contributed by atoms with van der Waals surface area (Å²) in [7, 11) is 0. The number of aliphatic carboxylic acids is 1. The Bertz CT molecular complexity index is 366. The normalized spacial score (nSPS) is 17.1. The number of imide groups is 1. The number of hydrogen-bond donors (Lipinski definition) is 4. The molecule has 1 heterocycles. The van der Waals surface area contributed by atoms with Crippen LogP contribution in [0.25, 0.3) is 0 Å². The average Bonchev–Trinajstić information content (AvgIpc) is 2.27. The fraction of sp³-hybridized carbons (Fsp3) is 0.556. The molecule has 4 N–H and O–H groups in total. The lowest BCUT2D eigenvalue weighted by molar-refractivity contribution is -0.146. The highest BCUT2D eigenvalue weighted by Crippen LogP contribution is 1.96. The second-order valence-electron chi connectivity index (χ2n) is 3.70. The summed E-state index contributed by atoms with van der Waals surface area (Å²) in [5, 5.41) is 21.7. The first kappa shape index (κ1) is 13.9. The zero-order valence-electron chi connectivity index (χ0n) is 9.38. The molecule has 1 aliphatic heterocycles. The van der Waals surface area contributed by atoms with E-state index < -0.39 is 29.9 Å². The smallest absolute Gasteiger partial charge is 0.332 e. The fourth-order valence-corrected chi connectivity index (χ4v) is 1.33. The second-order valence-corrected chi connectivity index (χ2v) is 3.70. The molecule has 0 bridgehead atoms. The van der Waals surface area contributed by atoms with Crippen molar-refractivity contribution in [2.45, 2.75) is 12.5 Å². The highest BCUT2D eigenvalue weighted by atomic mass is 16.4. The molecule has 0 aromatic rings. The lowest BCUT2D eigenvalue weighted by atomic mass is 10.2. The van der Waals surface area contributed by atoms with Gasteiger partial charge < -0.3 is 20.4 Å². The molecule has 1 fully saturated rings. The number of carbonyl (C=O) groups is 4. The summed E-state index contributed by atoms with van der Waals surface area (Å²) in [6.45, 7) is -0.545. The van der Waals surface area contributed by atoms with E-state index in [0.717, 1.165) is 4.90 Å². The third kappa shape index (κ3) is 4.01. The van der Waals surface area contributed by atoms with Gasteiger partial charge >= 0.3 is 12.0 Å². The number of nitrogens with zero attached hydrogens (tertiary/aromatic N) is 1. The van der Waals surface area contributed by atoms with Gasteiger partial charge in [0.05, 0.1) is 0 Å². The Morgan fingerprint density at radius 2 is 1.89 bits per heavy atom. The molecule has 1 rings (SSSR count). The van der Waals surface area contributed by atoms with Crippen molar-refractivity contribution in [1.82, 2.24) is 15.5 Å². The molecule has 0 unspecified atom stereocenters. The van der Waals surface area contributed by atoms with Gasteiger partial charge in [-0.2, -0.15) is 0 Å². The number of carbonyl (C=O) groups excluding carboxylic acids is 3. The Balaban J connectivity index is 2.34. The Morgan fingerprint density at radius 3 is 2.39 bits per heavy atom. The molecule has 18 heavy (non-hydrogen) atoms. The lowest BCUT2D eigenvalue weighted by Gasteiger charge is -2.25. The molecule has 100 valence electrons. The van der Waals surface area contributed by atoms with Gasteiger partial charge in [-0.05, 0) is 0 Å². The number of aliphatic hydroxyl groups excluding tert-OH is 1. The standard InChI is InChI=1S/C9H13N3O6/c13-5(8(16)17)1-2-10-9(18)12-3-6(14)11-7(15)4-12/h5,13H,1-4H2,(H,10,18)(H,16,17)(H,11,14,15)/t5-/m0/s1. The molecule has 1 aliphatic rings. The first-order valence-electron chi connectivity index (χ1n) is 5.16. The van der Waals surface area contributed by atoms with Crippen LogP contribution >= 0.6 is 0 Å². The molecule has 0 aliphatic carbocycles. The van der Waals surface area contributed by atoms with Crippen LogP contribution in [0.3, 0.4) is 0 Å². The predicted octanol–water partition coefficient (Wildman–Crippen LogP) is -2.51. The average molecular weight is 259 g/mol. The van der Waals surface area contributed by atoms with Crippen LogP contribution in [0.4, 0.5) is 4.79 Å². The van der Waals surface area contributed by atoms with E-state index in [2.05, 4.69) is 5.32 Å². The maximum Gasteiger partial charge on any atom is 0.332 e. The van der Waals surface area contributed by atoms with Gasteiger partial charge in [-0.1, -0.05) is 0 Å². The van der Waals surface area contributed by atoms with Gasteiger partial charge in [0.2, 0.25) is 11.8 Å². The number of carboxylic acids is 1. The number of amides is 4. The van der Waals surface area contributed by atoms with Crippen molar-refractivity contribution in [2.24, 2.45) is 0 Å². The van der Waals surface area contributed by atoms with Crippen LogP contribution in [0, 0.1) is 0 Å². The summed E-state index contributed by atoms with van der Waals surface area (Å²) >= 11 is 0. The Kier molecular flexibility index (Phi) is 4.60. The molecular weight excluding hydrogens is 246 g/mol. The van der Waals surface area contributed by atoms with Crippen LogP contribution in [-0.4, -0.2) is 64.7 Å². The molecule has 0 radical (unpaired) electrons. The van der Waals surface area contributed by atoms with E-state index in [1.54, 1.807) is 0 Å². The summed E-state index contributed by atoms with van der Waals surface area (Å²) in [6.07, 6.45) is -1.72. The summed E-state index contributed by atoms with van der Waals surface area (Å²) in [5.41, 5.74) is 0. The van der Waals surface area contributed by atoms with Gasteiger partial charge in [0.15, 0.2) is 6.10 Å². The van der Waals surface area contributed by atoms with Gasteiger partial charge in [0, 0.05) is 13.0 Å². The molecule has 0 aromatic carbocycles. The molecule has 1 atom stereocenters. The lowest BCUT2D eigenvalue weighted by Crippen LogP contribution is -2.55. The summed E-state index contributed by atoms with van der Waals surface area (Å²) < 4.78 is 0. The van der Waals surface area contributed by atoms with Crippen molar-refractivity contribution in [1.29, 1.82) is 0 Å². The zero-order chi connectivity index (χ0) is 13.7.